The van der Waals surface area contributed by atoms with Gasteiger partial charge in [-0.25, -0.2) is 0 Å². The molecular weight excluding hydrogens is 1130 g/mol. The number of alkyl halides is 34. The van der Waals surface area contributed by atoms with Crippen molar-refractivity contribution in [1.29, 1.82) is 0 Å². The van der Waals surface area contributed by atoms with Crippen LogP contribution in [-0.4, -0.2) is 119 Å². The highest BCUT2D eigenvalue weighted by Crippen LogP contribution is 2.67. The minimum atomic E-state index is -9.22. The Morgan fingerprint density at radius 2 is 0.365 bits per heavy atom. The summed E-state index contributed by atoms with van der Waals surface area (Å²) < 4.78 is 479. The summed E-state index contributed by atoms with van der Waals surface area (Å²) in [7, 11) is 0. The van der Waals surface area contributed by atoms with Crippen LogP contribution in [0.2, 0.25) is 0 Å². The van der Waals surface area contributed by atoms with E-state index in [-0.39, 0.29) is 64.2 Å². The summed E-state index contributed by atoms with van der Waals surface area (Å²) in [5.41, 5.74) is 0. The van der Waals surface area contributed by atoms with Gasteiger partial charge < -0.3 is 10.2 Å². The number of hydrogen-bond acceptors (Lipinski definition) is 2. The second-order valence-electron chi connectivity index (χ2n) is 17.2. The molecule has 0 saturated heterocycles. The molecule has 0 aromatic heterocycles. The molecule has 0 aliphatic heterocycles. The van der Waals surface area contributed by atoms with Gasteiger partial charge in [0.2, 0.25) is 0 Å². The molecule has 2 unspecified atom stereocenters. The molecular formula is C38H44F34O2. The summed E-state index contributed by atoms with van der Waals surface area (Å²) >= 11 is 0. The van der Waals surface area contributed by atoms with E-state index in [2.05, 4.69) is 0 Å². The van der Waals surface area contributed by atoms with E-state index >= 15 is 35.1 Å². The first kappa shape index (κ1) is 71.5. The third-order valence-corrected chi connectivity index (χ3v) is 11.7. The van der Waals surface area contributed by atoms with Gasteiger partial charge in [0.1, 0.15) is 0 Å². The lowest BCUT2D eigenvalue weighted by molar-refractivity contribution is -0.462. The Kier molecular flexibility index (Phi) is 23.1. The minimum absolute atomic E-state index is 0.0136. The maximum atomic E-state index is 15.5. The molecule has 0 rings (SSSR count). The summed E-state index contributed by atoms with van der Waals surface area (Å²) in [4.78, 5) is 0. The molecule has 2 atom stereocenters. The number of unbranched alkanes of at least 4 members (excludes halogenated alkanes) is 12. The Labute approximate surface area is 395 Å². The first-order valence-corrected chi connectivity index (χ1v) is 21.2. The van der Waals surface area contributed by atoms with E-state index in [1.54, 1.807) is 0 Å². The second-order valence-corrected chi connectivity index (χ2v) is 17.2. The van der Waals surface area contributed by atoms with Gasteiger partial charge in [-0.05, 0) is 37.5 Å². The first-order valence-electron chi connectivity index (χ1n) is 21.2. The zero-order valence-electron chi connectivity index (χ0n) is 37.0. The SMILES string of the molecule is OCCCCCCCCCC(CC(F)(F)C(F)(F)C(F)(F)C(F)(F)C(F)(F)C(F)(F)C(F)(F)C(F)(F)F)C(CCCCCCCCCO)CC(F)(F)C(F)(F)C(F)(F)C(F)(F)C(F)(F)C(F)(F)C(F)(F)C(F)(F)F. The predicted octanol–water partition coefficient (Wildman–Crippen LogP) is 17.2. The lowest BCUT2D eigenvalue weighted by Gasteiger charge is -2.44. The van der Waals surface area contributed by atoms with Crippen molar-refractivity contribution in [2.75, 3.05) is 13.2 Å². The molecule has 36 heteroatoms. The van der Waals surface area contributed by atoms with Crippen molar-refractivity contribution in [1.82, 2.24) is 0 Å². The van der Waals surface area contributed by atoms with Gasteiger partial charge in [0.05, 0.1) is 0 Å². The number of aliphatic hydroxyl groups excluding tert-OH is 2. The largest absolute Gasteiger partial charge is 0.460 e. The van der Waals surface area contributed by atoms with Crippen molar-refractivity contribution < 1.29 is 159 Å². The summed E-state index contributed by atoms with van der Waals surface area (Å²) in [5.74, 6) is -129. The lowest BCUT2D eigenvalue weighted by Crippen LogP contribution is -2.74. The molecule has 0 amide bonds. The van der Waals surface area contributed by atoms with E-state index in [4.69, 9.17) is 10.2 Å². The minimum Gasteiger partial charge on any atom is -0.396 e. The highest BCUT2D eigenvalue weighted by atomic mass is 19.4. The molecule has 2 N–H and O–H groups in total. The van der Waals surface area contributed by atoms with E-state index in [1.165, 1.54) is 0 Å². The summed E-state index contributed by atoms with van der Waals surface area (Å²) in [6, 6.07) is 0. The molecule has 0 aromatic rings. The summed E-state index contributed by atoms with van der Waals surface area (Å²) in [6.07, 6.45) is -30.2. The van der Waals surface area contributed by atoms with Gasteiger partial charge in [0.25, 0.3) is 0 Å². The van der Waals surface area contributed by atoms with Gasteiger partial charge in [-0.3, -0.25) is 0 Å². The molecule has 2 nitrogen and oxygen atoms in total. The van der Waals surface area contributed by atoms with Crippen LogP contribution in [0, 0.1) is 11.8 Å². The molecule has 0 bridgehead atoms. The number of aliphatic hydroxyl groups is 2. The maximum absolute atomic E-state index is 15.5. The number of rotatable bonds is 35. The standard InChI is InChI=1S/C38H44F34O2/c39-23(40,25(43,44)27(47,48)29(51,52)31(55,56)33(59,60)35(63,64)37(67,68)69)19-21(15-11-7-3-1-5-9-13-17-73)22(16-12-8-4-2-6-10-14-18-74)20-24(41,42)26(45,46)28(49,50)30(53,54)32(57,58)34(61,62)36(65,66)38(70,71)72/h21-22,73-74H,1-20H2. The fourth-order valence-electron chi connectivity index (χ4n) is 7.12. The third kappa shape index (κ3) is 13.2. The molecule has 0 fully saturated rings. The lowest BCUT2D eigenvalue weighted by atomic mass is 9.74. The van der Waals surface area contributed by atoms with Crippen molar-refractivity contribution in [3.63, 3.8) is 0 Å². The smallest absolute Gasteiger partial charge is 0.396 e. The second kappa shape index (κ2) is 23.9. The number of hydrogen-bond donors (Lipinski definition) is 2. The maximum Gasteiger partial charge on any atom is 0.460 e. The Bertz CT molecular complexity index is 1580. The van der Waals surface area contributed by atoms with Crippen LogP contribution in [0.25, 0.3) is 0 Å². The van der Waals surface area contributed by atoms with E-state index in [9.17, 15) is 114 Å². The van der Waals surface area contributed by atoms with Crippen LogP contribution in [0.5, 0.6) is 0 Å². The van der Waals surface area contributed by atoms with Crippen LogP contribution in [0.1, 0.15) is 116 Å². The van der Waals surface area contributed by atoms with Crippen molar-refractivity contribution >= 4 is 0 Å². The zero-order chi connectivity index (χ0) is 59.3. The molecule has 0 radical (unpaired) electrons. The van der Waals surface area contributed by atoms with Crippen LogP contribution in [0.3, 0.4) is 0 Å². The molecule has 0 aliphatic carbocycles. The van der Waals surface area contributed by atoms with Crippen molar-refractivity contribution in [2.24, 2.45) is 11.8 Å². The monoisotopic (exact) mass is 1180 g/mol. The summed E-state index contributed by atoms with van der Waals surface area (Å²) in [6.45, 7) is -0.820. The third-order valence-electron chi connectivity index (χ3n) is 11.7. The van der Waals surface area contributed by atoms with Crippen LogP contribution in [0.15, 0.2) is 0 Å². The van der Waals surface area contributed by atoms with Crippen molar-refractivity contribution in [2.45, 2.75) is 211 Å². The Hall–Kier alpha value is -2.46. The van der Waals surface area contributed by atoms with Gasteiger partial charge in [-0.2, -0.15) is 149 Å². The van der Waals surface area contributed by atoms with E-state index in [0.717, 1.165) is 0 Å². The molecule has 0 aromatic carbocycles. The quantitative estimate of drug-likeness (QED) is 0.0490. The Morgan fingerprint density at radius 3 is 0.554 bits per heavy atom. The zero-order valence-corrected chi connectivity index (χ0v) is 37.0. The van der Waals surface area contributed by atoms with E-state index in [1.807, 2.05) is 0 Å². The predicted molar refractivity (Wildman–Crippen MR) is 186 cm³/mol. The van der Waals surface area contributed by atoms with Crippen LogP contribution < -0.4 is 0 Å². The molecule has 74 heavy (non-hydrogen) atoms. The molecule has 0 saturated carbocycles. The topological polar surface area (TPSA) is 40.5 Å². The molecule has 0 aliphatic rings. The average Bonchev–Trinajstić information content (AvgIpc) is 3.22. The Balaban J connectivity index is 8.00. The molecule has 0 heterocycles. The Morgan fingerprint density at radius 1 is 0.203 bits per heavy atom. The average molecular weight is 1180 g/mol. The molecule has 446 valence electrons. The van der Waals surface area contributed by atoms with Gasteiger partial charge in [0, 0.05) is 26.1 Å². The highest BCUT2D eigenvalue weighted by molar-refractivity contribution is 5.17. The van der Waals surface area contributed by atoms with E-state index in [0.29, 0.717) is 0 Å². The molecule has 0 spiro atoms. The fraction of sp³-hybridized carbons (Fsp3) is 1.00. The summed E-state index contributed by atoms with van der Waals surface area (Å²) in [5, 5.41) is 17.6. The highest BCUT2D eigenvalue weighted by Gasteiger charge is 2.97. The van der Waals surface area contributed by atoms with Crippen LogP contribution in [-0.2, 0) is 0 Å². The normalized spacial score (nSPS) is 16.5. The number of halogens is 34. The van der Waals surface area contributed by atoms with Crippen molar-refractivity contribution in [3.05, 3.63) is 0 Å². The van der Waals surface area contributed by atoms with Gasteiger partial charge >= 0.3 is 95.3 Å². The van der Waals surface area contributed by atoms with Gasteiger partial charge in [-0.1, -0.05) is 77.0 Å². The van der Waals surface area contributed by atoms with Gasteiger partial charge in [-0.15, -0.1) is 0 Å². The van der Waals surface area contributed by atoms with Crippen LogP contribution >= 0.6 is 0 Å². The fourth-order valence-corrected chi connectivity index (χ4v) is 7.12. The van der Waals surface area contributed by atoms with Gasteiger partial charge in [0.15, 0.2) is 0 Å². The van der Waals surface area contributed by atoms with Crippen LogP contribution in [0.4, 0.5) is 149 Å². The van der Waals surface area contributed by atoms with E-state index < -0.39 is 172 Å². The van der Waals surface area contributed by atoms with Crippen molar-refractivity contribution in [3.8, 4) is 0 Å². The first-order chi connectivity index (χ1) is 32.6.